The first kappa shape index (κ1) is 12.7. The second-order valence-corrected chi connectivity index (χ2v) is 5.52. The van der Waals surface area contributed by atoms with E-state index in [4.69, 9.17) is 4.42 Å². The van der Waals surface area contributed by atoms with E-state index in [-0.39, 0.29) is 11.2 Å². The molecule has 1 aromatic rings. The van der Waals surface area contributed by atoms with Crippen molar-refractivity contribution in [3.63, 3.8) is 0 Å². The first-order valence-electron chi connectivity index (χ1n) is 6.73. The normalized spacial score (nSPS) is 11.6. The van der Waals surface area contributed by atoms with Gasteiger partial charge in [0.05, 0.1) is 0 Å². The molecule has 3 rings (SSSR count). The molecule has 102 valence electrons. The molecule has 1 N–H and O–H groups in total. The quantitative estimate of drug-likeness (QED) is 0.719. The number of hydrogen-bond acceptors (Lipinski definition) is 3. The average molecular weight is 268 g/mol. The molecule has 3 heteroatoms. The minimum absolute atomic E-state index is 0.0729. The van der Waals surface area contributed by atoms with Crippen LogP contribution < -0.4 is 5.43 Å². The van der Waals surface area contributed by atoms with E-state index in [9.17, 15) is 9.90 Å². The number of aromatic hydroxyl groups is 1. The zero-order chi connectivity index (χ0) is 14.3. The van der Waals surface area contributed by atoms with Crippen molar-refractivity contribution in [2.45, 2.75) is 20.3 Å². The maximum atomic E-state index is 11.5. The molecule has 2 aliphatic rings. The van der Waals surface area contributed by atoms with E-state index in [1.807, 2.05) is 12.1 Å². The van der Waals surface area contributed by atoms with Gasteiger partial charge < -0.3 is 9.52 Å². The van der Waals surface area contributed by atoms with Crippen molar-refractivity contribution in [2.24, 2.45) is 5.92 Å². The zero-order valence-electron chi connectivity index (χ0n) is 11.5. The minimum Gasteiger partial charge on any atom is -0.508 e. The summed E-state index contributed by atoms with van der Waals surface area (Å²) in [6, 6.07) is 10.0. The van der Waals surface area contributed by atoms with Crippen molar-refractivity contribution in [2.75, 3.05) is 0 Å². The van der Waals surface area contributed by atoms with Gasteiger partial charge in [-0.05, 0) is 42.2 Å². The molecule has 0 amide bonds. The van der Waals surface area contributed by atoms with Gasteiger partial charge in [0.25, 0.3) is 0 Å². The monoisotopic (exact) mass is 268 g/mol. The van der Waals surface area contributed by atoms with Crippen molar-refractivity contribution >= 4 is 11.0 Å². The highest BCUT2D eigenvalue weighted by atomic mass is 16.3. The molecule has 20 heavy (non-hydrogen) atoms. The topological polar surface area (TPSA) is 50.4 Å². The third-order valence-electron chi connectivity index (χ3n) is 3.40. The molecule has 0 fully saturated rings. The van der Waals surface area contributed by atoms with Gasteiger partial charge in [-0.15, -0.1) is 0 Å². The number of hydrogen-bond donors (Lipinski definition) is 1. The zero-order valence-corrected chi connectivity index (χ0v) is 11.5. The molecule has 1 aliphatic heterocycles. The van der Waals surface area contributed by atoms with E-state index in [0.29, 0.717) is 17.3 Å². The Hall–Kier alpha value is -2.29. The van der Waals surface area contributed by atoms with E-state index < -0.39 is 0 Å². The van der Waals surface area contributed by atoms with E-state index >= 15 is 0 Å². The second-order valence-electron chi connectivity index (χ2n) is 5.52. The summed E-state index contributed by atoms with van der Waals surface area (Å²) in [4.78, 5) is 11.5. The first-order valence-corrected chi connectivity index (χ1v) is 6.73. The summed E-state index contributed by atoms with van der Waals surface area (Å²) in [5.41, 5.74) is 2.67. The third-order valence-corrected chi connectivity index (χ3v) is 3.40. The van der Waals surface area contributed by atoms with Crippen LogP contribution in [0.15, 0.2) is 45.6 Å². The van der Waals surface area contributed by atoms with Crippen LogP contribution in [0.25, 0.3) is 22.3 Å². The second kappa shape index (κ2) is 4.67. The van der Waals surface area contributed by atoms with Gasteiger partial charge in [0, 0.05) is 23.1 Å². The highest BCUT2D eigenvalue weighted by Gasteiger charge is 2.16. The molecular weight excluding hydrogens is 252 g/mol. The van der Waals surface area contributed by atoms with Crippen molar-refractivity contribution in [3.05, 3.63) is 52.2 Å². The molecule has 0 saturated carbocycles. The summed E-state index contributed by atoms with van der Waals surface area (Å²) >= 11 is 0. The van der Waals surface area contributed by atoms with Gasteiger partial charge >= 0.3 is 0 Å². The lowest BCUT2D eigenvalue weighted by molar-refractivity contribution is 0.474. The Morgan fingerprint density at radius 2 is 1.95 bits per heavy atom. The molecule has 0 atom stereocenters. The van der Waals surface area contributed by atoms with Gasteiger partial charge in [0.2, 0.25) is 0 Å². The largest absolute Gasteiger partial charge is 0.508 e. The summed E-state index contributed by atoms with van der Waals surface area (Å²) < 4.78 is 5.77. The van der Waals surface area contributed by atoms with Crippen LogP contribution in [0.2, 0.25) is 0 Å². The molecule has 3 nitrogen and oxygen atoms in total. The number of benzene rings is 2. The standard InChI is InChI=1S/C17H16O3/c1-10(2)7-15-13-5-3-11(18)8-16(13)20-17-9-12(19)4-6-14(15)17/h3-6,8-10,18H,7H2,1-2H3. The van der Waals surface area contributed by atoms with Gasteiger partial charge in [0.1, 0.15) is 17.1 Å². The number of phenols is 1. The highest BCUT2D eigenvalue weighted by molar-refractivity contribution is 5.88. The Labute approximate surface area is 116 Å². The molecule has 0 aromatic heterocycles. The van der Waals surface area contributed by atoms with Crippen LogP contribution in [0.5, 0.6) is 5.75 Å². The minimum atomic E-state index is -0.0729. The fourth-order valence-electron chi connectivity index (χ4n) is 2.57. The van der Waals surface area contributed by atoms with Crippen LogP contribution in [0.3, 0.4) is 0 Å². The fourth-order valence-corrected chi connectivity index (χ4v) is 2.57. The summed E-state index contributed by atoms with van der Waals surface area (Å²) in [6.45, 7) is 4.31. The molecule has 0 unspecified atom stereocenters. The molecule has 1 aromatic carbocycles. The van der Waals surface area contributed by atoms with Gasteiger partial charge in [-0.1, -0.05) is 13.8 Å². The summed E-state index contributed by atoms with van der Waals surface area (Å²) in [7, 11) is 0. The lowest BCUT2D eigenvalue weighted by Crippen LogP contribution is -2.03. The van der Waals surface area contributed by atoms with E-state index in [1.165, 1.54) is 6.07 Å². The van der Waals surface area contributed by atoms with E-state index in [2.05, 4.69) is 13.8 Å². The van der Waals surface area contributed by atoms with Crippen molar-refractivity contribution in [1.82, 2.24) is 0 Å². The highest BCUT2D eigenvalue weighted by Crippen LogP contribution is 2.35. The van der Waals surface area contributed by atoms with Gasteiger partial charge in [-0.25, -0.2) is 0 Å². The predicted octanol–water partition coefficient (Wildman–Crippen LogP) is 3.80. The Morgan fingerprint density at radius 3 is 2.70 bits per heavy atom. The summed E-state index contributed by atoms with van der Waals surface area (Å²) in [6.07, 6.45) is 0.895. The Morgan fingerprint density at radius 1 is 1.15 bits per heavy atom. The molecule has 0 bridgehead atoms. The van der Waals surface area contributed by atoms with Crippen LogP contribution in [0, 0.1) is 5.92 Å². The first-order chi connectivity index (χ1) is 9.54. The van der Waals surface area contributed by atoms with Crippen molar-refractivity contribution < 1.29 is 9.52 Å². The van der Waals surface area contributed by atoms with E-state index in [0.717, 1.165) is 22.9 Å². The van der Waals surface area contributed by atoms with Crippen LogP contribution >= 0.6 is 0 Å². The average Bonchev–Trinajstić information content (AvgIpc) is 2.37. The number of rotatable bonds is 2. The van der Waals surface area contributed by atoms with Crippen molar-refractivity contribution in [3.8, 4) is 17.1 Å². The van der Waals surface area contributed by atoms with Gasteiger partial charge in [-0.3, -0.25) is 4.79 Å². The molecule has 1 aliphatic carbocycles. The smallest absolute Gasteiger partial charge is 0.182 e. The van der Waals surface area contributed by atoms with E-state index in [1.54, 1.807) is 18.2 Å². The molecule has 1 heterocycles. The van der Waals surface area contributed by atoms with Crippen molar-refractivity contribution in [1.29, 1.82) is 0 Å². The van der Waals surface area contributed by atoms with Crippen LogP contribution in [-0.4, -0.2) is 5.11 Å². The molecule has 0 radical (unpaired) electrons. The van der Waals surface area contributed by atoms with Crippen LogP contribution in [-0.2, 0) is 6.42 Å². The van der Waals surface area contributed by atoms with Crippen LogP contribution in [0.1, 0.15) is 19.4 Å². The fraction of sp³-hybridized carbons (Fsp3) is 0.235. The maximum Gasteiger partial charge on any atom is 0.182 e. The van der Waals surface area contributed by atoms with Gasteiger partial charge in [-0.2, -0.15) is 0 Å². The van der Waals surface area contributed by atoms with Crippen LogP contribution in [0.4, 0.5) is 0 Å². The molecule has 0 spiro atoms. The maximum absolute atomic E-state index is 11.5. The van der Waals surface area contributed by atoms with Gasteiger partial charge in [0.15, 0.2) is 5.43 Å². The SMILES string of the molecule is CC(C)Cc1c2ccc(=O)cc-2oc2cc(O)ccc12. The predicted molar refractivity (Wildman–Crippen MR) is 79.3 cm³/mol. The Bertz CT molecular complexity index is 799. The Balaban J connectivity index is 2.42. The third kappa shape index (κ3) is 2.16. The molecule has 0 saturated heterocycles. The molecular formula is C17H16O3. The number of phenolic OH excluding ortho intramolecular Hbond substituents is 1. The summed E-state index contributed by atoms with van der Waals surface area (Å²) in [5, 5.41) is 10.6. The summed E-state index contributed by atoms with van der Waals surface area (Å²) in [5.74, 6) is 1.23. The lowest BCUT2D eigenvalue weighted by Gasteiger charge is -2.16. The number of fused-ring (bicyclic) bond motifs is 2. The Kier molecular flexibility index (Phi) is 2.97. The lowest BCUT2D eigenvalue weighted by atomic mass is 9.93.